The summed E-state index contributed by atoms with van der Waals surface area (Å²) in [5.41, 5.74) is 4.21. The molecular formula is C22H21N3O2. The Morgan fingerprint density at radius 2 is 1.70 bits per heavy atom. The van der Waals surface area contributed by atoms with Gasteiger partial charge in [0.05, 0.1) is 5.56 Å². The van der Waals surface area contributed by atoms with Crippen LogP contribution in [0.5, 0.6) is 0 Å². The lowest BCUT2D eigenvalue weighted by Crippen LogP contribution is -2.22. The third kappa shape index (κ3) is 5.01. The Bertz CT molecular complexity index is 948. The van der Waals surface area contributed by atoms with E-state index in [-0.39, 0.29) is 11.7 Å². The van der Waals surface area contributed by atoms with Crippen molar-refractivity contribution in [3.05, 3.63) is 89.1 Å². The van der Waals surface area contributed by atoms with Crippen LogP contribution < -0.4 is 10.6 Å². The predicted molar refractivity (Wildman–Crippen MR) is 106 cm³/mol. The van der Waals surface area contributed by atoms with Crippen molar-refractivity contribution in [3.8, 4) is 0 Å². The molecule has 27 heavy (non-hydrogen) atoms. The summed E-state index contributed by atoms with van der Waals surface area (Å²) in [4.78, 5) is 27.9. The highest BCUT2D eigenvalue weighted by Gasteiger charge is 2.07. The number of carbonyl (C=O) groups excluding carboxylic acids is 2. The van der Waals surface area contributed by atoms with Crippen molar-refractivity contribution in [3.63, 3.8) is 0 Å². The van der Waals surface area contributed by atoms with E-state index in [2.05, 4.69) is 15.6 Å². The molecule has 0 unspecified atom stereocenters. The van der Waals surface area contributed by atoms with Gasteiger partial charge in [0, 0.05) is 24.0 Å². The van der Waals surface area contributed by atoms with E-state index in [0.29, 0.717) is 23.5 Å². The summed E-state index contributed by atoms with van der Waals surface area (Å²) >= 11 is 0. The van der Waals surface area contributed by atoms with Crippen molar-refractivity contribution in [1.29, 1.82) is 0 Å². The molecule has 2 aromatic carbocycles. The summed E-state index contributed by atoms with van der Waals surface area (Å²) in [5.74, 6) is 0.489. The van der Waals surface area contributed by atoms with E-state index in [1.165, 1.54) is 13.1 Å². The van der Waals surface area contributed by atoms with Crippen LogP contribution in [0.25, 0.3) is 0 Å². The van der Waals surface area contributed by atoms with E-state index >= 15 is 0 Å². The van der Waals surface area contributed by atoms with E-state index in [0.717, 1.165) is 16.8 Å². The van der Waals surface area contributed by atoms with Gasteiger partial charge in [0.2, 0.25) is 0 Å². The molecule has 136 valence electrons. The van der Waals surface area contributed by atoms with Gasteiger partial charge in [-0.15, -0.1) is 0 Å². The third-order valence-electron chi connectivity index (χ3n) is 4.13. The molecule has 3 aromatic rings. The fourth-order valence-electron chi connectivity index (χ4n) is 2.64. The SMILES string of the molecule is CC(=O)c1ccc(Nc2ccc(C(=O)NCc3cccc(C)c3)cn2)cc1. The fraction of sp³-hybridized carbons (Fsp3) is 0.136. The summed E-state index contributed by atoms with van der Waals surface area (Å²) in [6.45, 7) is 4.03. The molecule has 0 aliphatic rings. The van der Waals surface area contributed by atoms with Crippen molar-refractivity contribution in [2.24, 2.45) is 0 Å². The summed E-state index contributed by atoms with van der Waals surface area (Å²) in [7, 11) is 0. The molecule has 1 aromatic heterocycles. The maximum Gasteiger partial charge on any atom is 0.253 e. The number of carbonyl (C=O) groups is 2. The van der Waals surface area contributed by atoms with Gasteiger partial charge in [-0.1, -0.05) is 29.8 Å². The summed E-state index contributed by atoms with van der Waals surface area (Å²) in [5, 5.41) is 6.04. The zero-order valence-electron chi connectivity index (χ0n) is 15.3. The normalized spacial score (nSPS) is 10.3. The van der Waals surface area contributed by atoms with Crippen molar-refractivity contribution in [2.75, 3.05) is 5.32 Å². The van der Waals surface area contributed by atoms with Crippen LogP contribution in [0.1, 0.15) is 38.8 Å². The van der Waals surface area contributed by atoms with Crippen LogP contribution >= 0.6 is 0 Å². The van der Waals surface area contributed by atoms with E-state index in [1.54, 1.807) is 24.3 Å². The second kappa shape index (κ2) is 8.27. The number of aryl methyl sites for hydroxylation is 1. The van der Waals surface area contributed by atoms with Gasteiger partial charge in [-0.2, -0.15) is 0 Å². The summed E-state index contributed by atoms with van der Waals surface area (Å²) < 4.78 is 0. The third-order valence-corrected chi connectivity index (χ3v) is 4.13. The Hall–Kier alpha value is -3.47. The number of rotatable bonds is 6. The van der Waals surface area contributed by atoms with E-state index < -0.39 is 0 Å². The first kappa shape index (κ1) is 18.3. The Labute approximate surface area is 158 Å². The van der Waals surface area contributed by atoms with Gasteiger partial charge in [0.1, 0.15) is 5.82 Å². The molecule has 0 bridgehead atoms. The van der Waals surface area contributed by atoms with Gasteiger partial charge >= 0.3 is 0 Å². The number of nitrogens with zero attached hydrogens (tertiary/aromatic N) is 1. The topological polar surface area (TPSA) is 71.1 Å². The van der Waals surface area contributed by atoms with Crippen molar-refractivity contribution in [2.45, 2.75) is 20.4 Å². The fourth-order valence-corrected chi connectivity index (χ4v) is 2.64. The molecule has 0 aliphatic heterocycles. The average molecular weight is 359 g/mol. The lowest BCUT2D eigenvalue weighted by atomic mass is 10.1. The van der Waals surface area contributed by atoms with Crippen LogP contribution in [0.4, 0.5) is 11.5 Å². The minimum atomic E-state index is -0.165. The number of amides is 1. The Morgan fingerprint density at radius 1 is 0.963 bits per heavy atom. The van der Waals surface area contributed by atoms with Gasteiger partial charge in [0.15, 0.2) is 5.78 Å². The average Bonchev–Trinajstić information content (AvgIpc) is 2.67. The number of pyridine rings is 1. The predicted octanol–water partition coefficient (Wildman–Crippen LogP) is 4.27. The maximum atomic E-state index is 12.3. The molecule has 0 saturated carbocycles. The quantitative estimate of drug-likeness (QED) is 0.645. The van der Waals surface area contributed by atoms with E-state index in [9.17, 15) is 9.59 Å². The number of nitrogens with one attached hydrogen (secondary N) is 2. The molecule has 0 aliphatic carbocycles. The van der Waals surface area contributed by atoms with Crippen molar-refractivity contribution in [1.82, 2.24) is 10.3 Å². The minimum absolute atomic E-state index is 0.0284. The van der Waals surface area contributed by atoms with Crippen LogP contribution in [0, 0.1) is 6.92 Å². The molecule has 0 radical (unpaired) electrons. The minimum Gasteiger partial charge on any atom is -0.348 e. The number of ketones is 1. The summed E-state index contributed by atoms with van der Waals surface area (Å²) in [6, 6.07) is 18.7. The first-order valence-electron chi connectivity index (χ1n) is 8.69. The van der Waals surface area contributed by atoms with Crippen LogP contribution in [0.3, 0.4) is 0 Å². The number of aromatic nitrogens is 1. The van der Waals surface area contributed by atoms with E-state index in [4.69, 9.17) is 0 Å². The van der Waals surface area contributed by atoms with Gasteiger partial charge in [-0.25, -0.2) is 4.98 Å². The molecular weight excluding hydrogens is 338 g/mol. The zero-order valence-corrected chi connectivity index (χ0v) is 15.3. The van der Waals surface area contributed by atoms with Gasteiger partial charge in [0.25, 0.3) is 5.91 Å². The lowest BCUT2D eigenvalue weighted by molar-refractivity contribution is 0.0949. The van der Waals surface area contributed by atoms with Gasteiger partial charge in [-0.05, 0) is 55.8 Å². The Morgan fingerprint density at radius 3 is 2.33 bits per heavy atom. The van der Waals surface area contributed by atoms with Gasteiger partial charge < -0.3 is 10.6 Å². The number of benzene rings is 2. The number of hydrogen-bond acceptors (Lipinski definition) is 4. The second-order valence-corrected chi connectivity index (χ2v) is 6.36. The smallest absolute Gasteiger partial charge is 0.253 e. The number of hydrogen-bond donors (Lipinski definition) is 2. The molecule has 3 rings (SSSR count). The molecule has 1 amide bonds. The highest BCUT2D eigenvalue weighted by atomic mass is 16.1. The molecule has 5 heteroatoms. The molecule has 0 saturated heterocycles. The Balaban J connectivity index is 1.59. The standard InChI is InChI=1S/C22H21N3O2/c1-15-4-3-5-17(12-15)13-24-22(27)19-8-11-21(23-14-19)25-20-9-6-18(7-10-20)16(2)26/h3-12,14H,13H2,1-2H3,(H,23,25)(H,24,27). The molecule has 0 atom stereocenters. The van der Waals surface area contributed by atoms with Crippen LogP contribution in [-0.4, -0.2) is 16.7 Å². The van der Waals surface area contributed by atoms with Gasteiger partial charge in [-0.3, -0.25) is 9.59 Å². The molecule has 5 nitrogen and oxygen atoms in total. The monoisotopic (exact) mass is 359 g/mol. The molecule has 0 spiro atoms. The van der Waals surface area contributed by atoms with Crippen molar-refractivity contribution >= 4 is 23.2 Å². The van der Waals surface area contributed by atoms with Crippen LogP contribution in [-0.2, 0) is 6.54 Å². The highest BCUT2D eigenvalue weighted by molar-refractivity contribution is 5.94. The first-order chi connectivity index (χ1) is 13.0. The number of anilines is 2. The largest absolute Gasteiger partial charge is 0.348 e. The number of Topliss-reactive ketones (excluding diaryl/α,β-unsaturated/α-hetero) is 1. The summed E-state index contributed by atoms with van der Waals surface area (Å²) in [6.07, 6.45) is 1.54. The first-order valence-corrected chi connectivity index (χ1v) is 8.69. The lowest BCUT2D eigenvalue weighted by Gasteiger charge is -2.08. The zero-order chi connectivity index (χ0) is 19.2. The molecule has 2 N–H and O–H groups in total. The van der Waals surface area contributed by atoms with Crippen molar-refractivity contribution < 1.29 is 9.59 Å². The highest BCUT2D eigenvalue weighted by Crippen LogP contribution is 2.16. The van der Waals surface area contributed by atoms with Crippen LogP contribution in [0.2, 0.25) is 0 Å². The molecule has 1 heterocycles. The Kier molecular flexibility index (Phi) is 5.61. The van der Waals surface area contributed by atoms with Crippen LogP contribution in [0.15, 0.2) is 66.9 Å². The molecule has 0 fully saturated rings. The second-order valence-electron chi connectivity index (χ2n) is 6.36. The maximum absolute atomic E-state index is 12.3. The van der Waals surface area contributed by atoms with E-state index in [1.807, 2.05) is 43.3 Å².